The number of hydrogen-bond acceptors (Lipinski definition) is 5. The summed E-state index contributed by atoms with van der Waals surface area (Å²) in [5, 5.41) is 3.48. The summed E-state index contributed by atoms with van der Waals surface area (Å²) in [5.41, 5.74) is 3.27. The van der Waals surface area contributed by atoms with E-state index in [9.17, 15) is 8.42 Å². The van der Waals surface area contributed by atoms with Crippen LogP contribution in [0.5, 0.6) is 5.75 Å². The Labute approximate surface area is 158 Å². The Hall–Kier alpha value is -2.38. The fraction of sp³-hybridized carbons (Fsp3) is 0.350. The lowest BCUT2D eigenvalue weighted by molar-refractivity contribution is 0.348. The van der Waals surface area contributed by atoms with E-state index >= 15 is 0 Å². The van der Waals surface area contributed by atoms with Gasteiger partial charge in [0, 0.05) is 24.9 Å². The summed E-state index contributed by atoms with van der Waals surface area (Å²) in [4.78, 5) is 4.70. The molecule has 0 aliphatic carbocycles. The summed E-state index contributed by atoms with van der Waals surface area (Å²) in [6.07, 6.45) is 7.23. The van der Waals surface area contributed by atoms with Gasteiger partial charge in [-0.25, -0.2) is 12.4 Å². The normalized spacial score (nSPS) is 19.3. The van der Waals surface area contributed by atoms with Crippen LogP contribution in [0, 0.1) is 0 Å². The second kappa shape index (κ2) is 6.35. The van der Waals surface area contributed by atoms with Crippen LogP contribution in [0.1, 0.15) is 24.0 Å². The molecule has 0 saturated carbocycles. The second-order valence-corrected chi connectivity index (χ2v) is 8.95. The largest absolute Gasteiger partial charge is 0.492 e. The fourth-order valence-corrected chi connectivity index (χ4v) is 5.69. The lowest BCUT2D eigenvalue weighted by Gasteiger charge is -2.11. The Balaban J connectivity index is 1.65. The summed E-state index contributed by atoms with van der Waals surface area (Å²) < 4.78 is 34.0. The molecule has 5 rings (SSSR count). The number of hydrogen-bond donors (Lipinski definition) is 1. The highest BCUT2D eigenvalue weighted by atomic mass is 32.2. The molecule has 3 aromatic rings. The SMILES string of the molecule is O=S(=O)(c1cccc2c1OCC2)n1cc(C[C@H]2CCCN2)c2ncccc21. The van der Waals surface area contributed by atoms with E-state index in [1.165, 1.54) is 3.97 Å². The van der Waals surface area contributed by atoms with E-state index in [0.717, 1.165) is 48.9 Å². The van der Waals surface area contributed by atoms with E-state index in [1.54, 1.807) is 30.6 Å². The number of para-hydroxylation sites is 1. The Morgan fingerprint density at radius 1 is 1.26 bits per heavy atom. The van der Waals surface area contributed by atoms with E-state index < -0.39 is 10.0 Å². The van der Waals surface area contributed by atoms with Crippen LogP contribution in [0.3, 0.4) is 0 Å². The van der Waals surface area contributed by atoms with Crippen molar-refractivity contribution in [2.24, 2.45) is 0 Å². The monoisotopic (exact) mass is 383 g/mol. The standard InChI is InChI=1S/C20H21N3O3S/c24-27(25,18-7-1-4-14-8-11-26-20(14)18)23-13-15(12-16-5-2-9-21-16)19-17(23)6-3-10-22-19/h1,3-4,6-7,10,13,16,21H,2,5,8-9,11-12H2/t16-/m1/s1. The van der Waals surface area contributed by atoms with Gasteiger partial charge in [0.05, 0.1) is 17.6 Å². The molecular formula is C20H21N3O3S. The van der Waals surface area contributed by atoms with Crippen LogP contribution in [0.4, 0.5) is 0 Å². The van der Waals surface area contributed by atoms with Gasteiger partial charge in [-0.1, -0.05) is 12.1 Å². The topological polar surface area (TPSA) is 73.2 Å². The average molecular weight is 383 g/mol. The molecule has 1 N–H and O–H groups in total. The lowest BCUT2D eigenvalue weighted by atomic mass is 10.1. The first kappa shape index (κ1) is 16.8. The molecule has 27 heavy (non-hydrogen) atoms. The minimum atomic E-state index is -3.77. The predicted octanol–water partition coefficient (Wildman–Crippen LogP) is 2.50. The third-order valence-corrected chi connectivity index (χ3v) is 7.14. The van der Waals surface area contributed by atoms with Crippen LogP contribution >= 0.6 is 0 Å². The minimum absolute atomic E-state index is 0.226. The van der Waals surface area contributed by atoms with Gasteiger partial charge in [-0.2, -0.15) is 0 Å². The van der Waals surface area contributed by atoms with Gasteiger partial charge in [0.1, 0.15) is 10.6 Å². The molecule has 0 radical (unpaired) electrons. The summed E-state index contributed by atoms with van der Waals surface area (Å²) >= 11 is 0. The number of nitrogens with one attached hydrogen (secondary N) is 1. The Morgan fingerprint density at radius 2 is 2.19 bits per heavy atom. The Bertz CT molecular complexity index is 1110. The molecule has 2 aromatic heterocycles. The summed E-state index contributed by atoms with van der Waals surface area (Å²) in [6.45, 7) is 1.54. The van der Waals surface area contributed by atoms with Gasteiger partial charge in [-0.15, -0.1) is 0 Å². The van der Waals surface area contributed by atoms with Crippen molar-refractivity contribution in [3.05, 3.63) is 53.9 Å². The quantitative estimate of drug-likeness (QED) is 0.749. The van der Waals surface area contributed by atoms with Crippen LogP contribution in [-0.4, -0.2) is 36.6 Å². The third kappa shape index (κ3) is 2.73. The van der Waals surface area contributed by atoms with Crippen molar-refractivity contribution in [1.29, 1.82) is 0 Å². The zero-order valence-electron chi connectivity index (χ0n) is 14.9. The van der Waals surface area contributed by atoms with Gasteiger partial charge in [-0.05, 0) is 55.1 Å². The van der Waals surface area contributed by atoms with Crippen LogP contribution in [0.2, 0.25) is 0 Å². The number of ether oxygens (including phenoxy) is 1. The number of nitrogens with zero attached hydrogens (tertiary/aromatic N) is 2. The zero-order valence-corrected chi connectivity index (χ0v) is 15.7. The smallest absolute Gasteiger partial charge is 0.271 e. The maximum Gasteiger partial charge on any atom is 0.271 e. The van der Waals surface area contributed by atoms with Gasteiger partial charge < -0.3 is 10.1 Å². The van der Waals surface area contributed by atoms with Crippen LogP contribution in [0.25, 0.3) is 11.0 Å². The van der Waals surface area contributed by atoms with Crippen molar-refractivity contribution in [3.63, 3.8) is 0 Å². The van der Waals surface area contributed by atoms with E-state index in [2.05, 4.69) is 10.3 Å². The van der Waals surface area contributed by atoms with Crippen molar-refractivity contribution in [2.75, 3.05) is 13.2 Å². The maximum atomic E-state index is 13.5. The van der Waals surface area contributed by atoms with Crippen LogP contribution in [0.15, 0.2) is 47.6 Å². The van der Waals surface area contributed by atoms with Crippen molar-refractivity contribution in [1.82, 2.24) is 14.3 Å². The number of fused-ring (bicyclic) bond motifs is 2. The van der Waals surface area contributed by atoms with Gasteiger partial charge >= 0.3 is 0 Å². The van der Waals surface area contributed by atoms with Gasteiger partial charge in [0.25, 0.3) is 10.0 Å². The van der Waals surface area contributed by atoms with Crippen molar-refractivity contribution >= 4 is 21.1 Å². The summed E-state index contributed by atoms with van der Waals surface area (Å²) in [6, 6.07) is 9.30. The van der Waals surface area contributed by atoms with E-state index in [4.69, 9.17) is 4.74 Å². The molecule has 1 saturated heterocycles. The first-order chi connectivity index (χ1) is 13.1. The predicted molar refractivity (Wildman–Crippen MR) is 103 cm³/mol. The number of rotatable bonds is 4. The molecule has 140 valence electrons. The molecule has 2 aliphatic rings. The summed E-state index contributed by atoms with van der Waals surface area (Å²) in [7, 11) is -3.77. The molecule has 1 atom stereocenters. The minimum Gasteiger partial charge on any atom is -0.492 e. The highest BCUT2D eigenvalue weighted by molar-refractivity contribution is 7.90. The molecule has 6 nitrogen and oxygen atoms in total. The molecule has 2 aliphatic heterocycles. The maximum absolute atomic E-state index is 13.5. The molecule has 7 heteroatoms. The number of benzene rings is 1. The van der Waals surface area contributed by atoms with Crippen molar-refractivity contribution < 1.29 is 13.2 Å². The van der Waals surface area contributed by atoms with Crippen molar-refractivity contribution in [2.45, 2.75) is 36.6 Å². The second-order valence-electron chi connectivity index (χ2n) is 7.17. The molecule has 0 amide bonds. The molecule has 4 heterocycles. The van der Waals surface area contributed by atoms with Gasteiger partial charge in [0.15, 0.2) is 0 Å². The Kier molecular flexibility index (Phi) is 3.94. The highest BCUT2D eigenvalue weighted by Crippen LogP contribution is 2.35. The van der Waals surface area contributed by atoms with Gasteiger partial charge in [-0.3, -0.25) is 4.98 Å². The van der Waals surface area contributed by atoms with E-state index in [-0.39, 0.29) is 4.90 Å². The molecule has 1 fully saturated rings. The molecule has 0 unspecified atom stereocenters. The molecule has 0 spiro atoms. The van der Waals surface area contributed by atoms with Crippen LogP contribution in [-0.2, 0) is 22.9 Å². The molecule has 0 bridgehead atoms. The first-order valence-corrected chi connectivity index (χ1v) is 10.8. The zero-order chi connectivity index (χ0) is 18.4. The van der Waals surface area contributed by atoms with Gasteiger partial charge in [0.2, 0.25) is 0 Å². The Morgan fingerprint density at radius 3 is 3.04 bits per heavy atom. The molecule has 1 aromatic carbocycles. The van der Waals surface area contributed by atoms with Crippen LogP contribution < -0.4 is 10.1 Å². The summed E-state index contributed by atoms with van der Waals surface area (Å²) in [5.74, 6) is 0.488. The van der Waals surface area contributed by atoms with E-state index in [1.807, 2.05) is 12.1 Å². The first-order valence-electron chi connectivity index (χ1n) is 9.33. The van der Waals surface area contributed by atoms with E-state index in [0.29, 0.717) is 23.9 Å². The fourth-order valence-electron chi connectivity index (χ4n) is 4.13. The lowest BCUT2D eigenvalue weighted by Crippen LogP contribution is -2.23. The number of pyridine rings is 1. The molecular weight excluding hydrogens is 362 g/mol. The van der Waals surface area contributed by atoms with Crippen molar-refractivity contribution in [3.8, 4) is 5.75 Å². The highest BCUT2D eigenvalue weighted by Gasteiger charge is 2.29. The average Bonchev–Trinajstić information content (AvgIpc) is 3.42. The third-order valence-electron chi connectivity index (χ3n) is 5.44. The number of aromatic nitrogens is 2.